The number of nitrogens with one attached hydrogen (secondary N) is 2. The number of azo groups is 3. The summed E-state index contributed by atoms with van der Waals surface area (Å²) in [6, 6.07) is 19.8. The van der Waals surface area contributed by atoms with Gasteiger partial charge in [-0.3, -0.25) is 4.55 Å². The van der Waals surface area contributed by atoms with Gasteiger partial charge in [0.1, 0.15) is 22.1 Å². The molecule has 5 aromatic rings. The van der Waals surface area contributed by atoms with E-state index in [2.05, 4.69) is 41.3 Å². The SMILES string of the molecule is COc1cc(N=Nc2cc(C)c(N=Nc3ccc(C(=O)O)cc3S(=O)(=O)O)cc2C)ccc1NC(=O)Nc1cc(C)c(N=Nc2ccc(C(=O)O)cc2)cc1OC. The summed E-state index contributed by atoms with van der Waals surface area (Å²) in [5, 5.41) is 48.9. The number of aromatic carboxylic acids is 2. The molecule has 0 radical (unpaired) electrons. The van der Waals surface area contributed by atoms with Crippen LogP contribution in [0.3, 0.4) is 0 Å². The van der Waals surface area contributed by atoms with E-state index in [1.54, 1.807) is 63.2 Å². The molecule has 0 heterocycles. The minimum absolute atomic E-state index is 0.128. The normalized spacial score (nSPS) is 11.6. The van der Waals surface area contributed by atoms with Gasteiger partial charge >= 0.3 is 18.0 Å². The first-order valence-corrected chi connectivity index (χ1v) is 18.0. The number of ether oxygens (including phenoxy) is 2. The first kappa shape index (κ1) is 40.8. The van der Waals surface area contributed by atoms with E-state index in [1.165, 1.54) is 38.5 Å². The fourth-order valence-corrected chi connectivity index (χ4v) is 5.76. The third-order valence-electron chi connectivity index (χ3n) is 8.12. The van der Waals surface area contributed by atoms with Crippen LogP contribution in [-0.2, 0) is 10.1 Å². The van der Waals surface area contributed by atoms with Crippen LogP contribution in [-0.4, -0.2) is 55.4 Å². The minimum Gasteiger partial charge on any atom is -0.494 e. The van der Waals surface area contributed by atoms with Crippen LogP contribution in [0, 0.1) is 20.8 Å². The van der Waals surface area contributed by atoms with Crippen LogP contribution in [0.2, 0.25) is 0 Å². The molecule has 19 heteroatoms. The molecule has 0 saturated heterocycles. The van der Waals surface area contributed by atoms with E-state index < -0.39 is 33.0 Å². The Morgan fingerprint density at radius 1 is 0.544 bits per heavy atom. The molecule has 5 rings (SSSR count). The van der Waals surface area contributed by atoms with Crippen LogP contribution in [0.25, 0.3) is 0 Å². The molecule has 0 unspecified atom stereocenters. The zero-order chi connectivity index (χ0) is 41.4. The molecular weight excluding hydrogens is 761 g/mol. The van der Waals surface area contributed by atoms with Gasteiger partial charge in [-0.15, -0.1) is 5.11 Å². The number of aryl methyl sites for hydroxylation is 3. The molecular formula is C38H34N8O10S. The van der Waals surface area contributed by atoms with Crippen molar-refractivity contribution in [1.82, 2.24) is 0 Å². The molecule has 0 aliphatic rings. The number of nitrogens with zero attached hydrogens (tertiary/aromatic N) is 6. The van der Waals surface area contributed by atoms with Crippen molar-refractivity contribution in [3.63, 3.8) is 0 Å². The minimum atomic E-state index is -4.79. The predicted octanol–water partition coefficient (Wildman–Crippen LogP) is 10.2. The van der Waals surface area contributed by atoms with Crippen molar-refractivity contribution in [2.24, 2.45) is 30.7 Å². The molecule has 0 aromatic heterocycles. The Morgan fingerprint density at radius 2 is 1.02 bits per heavy atom. The van der Waals surface area contributed by atoms with Crippen LogP contribution in [0.4, 0.5) is 50.3 Å². The van der Waals surface area contributed by atoms with Crippen LogP contribution in [0.1, 0.15) is 37.4 Å². The molecule has 0 bridgehead atoms. The molecule has 5 aromatic carbocycles. The molecule has 18 nitrogen and oxygen atoms in total. The number of carbonyl (C=O) groups is 3. The predicted molar refractivity (Wildman–Crippen MR) is 208 cm³/mol. The van der Waals surface area contributed by atoms with Crippen molar-refractivity contribution in [2.45, 2.75) is 25.7 Å². The zero-order valence-corrected chi connectivity index (χ0v) is 31.7. The fraction of sp³-hybridized carbons (Fsp3) is 0.132. The summed E-state index contributed by atoms with van der Waals surface area (Å²) in [6.45, 7) is 5.25. The number of carboxylic acids is 2. The van der Waals surface area contributed by atoms with Gasteiger partial charge in [-0.05, 0) is 110 Å². The third-order valence-corrected chi connectivity index (χ3v) is 9.01. The molecule has 57 heavy (non-hydrogen) atoms. The second-order valence-electron chi connectivity index (χ2n) is 12.1. The second kappa shape index (κ2) is 17.4. The molecule has 0 atom stereocenters. The number of rotatable bonds is 13. The summed E-state index contributed by atoms with van der Waals surface area (Å²) in [4.78, 5) is 34.8. The Kier molecular flexibility index (Phi) is 12.4. The first-order chi connectivity index (χ1) is 27.1. The smallest absolute Gasteiger partial charge is 0.335 e. The number of carbonyl (C=O) groups excluding carboxylic acids is 1. The van der Waals surface area contributed by atoms with Gasteiger partial charge in [0.15, 0.2) is 0 Å². The molecule has 0 saturated carbocycles. The number of methoxy groups -OCH3 is 2. The van der Waals surface area contributed by atoms with Crippen molar-refractivity contribution < 1.29 is 47.0 Å². The summed E-state index contributed by atoms with van der Waals surface area (Å²) in [6.07, 6.45) is 0. The van der Waals surface area contributed by atoms with E-state index in [1.807, 2.05) is 0 Å². The maximum absolute atomic E-state index is 13.1. The highest BCUT2D eigenvalue weighted by atomic mass is 32.2. The topological polar surface area (TPSA) is 263 Å². The van der Waals surface area contributed by atoms with E-state index in [4.69, 9.17) is 14.6 Å². The van der Waals surface area contributed by atoms with Crippen LogP contribution in [0.5, 0.6) is 11.5 Å². The average molecular weight is 795 g/mol. The van der Waals surface area contributed by atoms with Crippen LogP contribution >= 0.6 is 0 Å². The average Bonchev–Trinajstić information content (AvgIpc) is 3.17. The highest BCUT2D eigenvalue weighted by Gasteiger charge is 2.19. The number of anilines is 2. The van der Waals surface area contributed by atoms with Gasteiger partial charge in [0.2, 0.25) is 0 Å². The van der Waals surface area contributed by atoms with Gasteiger partial charge in [-0.2, -0.15) is 34.0 Å². The number of amides is 2. The van der Waals surface area contributed by atoms with E-state index >= 15 is 0 Å². The van der Waals surface area contributed by atoms with Crippen molar-refractivity contribution in [3.8, 4) is 11.5 Å². The highest BCUT2D eigenvalue weighted by Crippen LogP contribution is 2.36. The molecule has 0 aliphatic heterocycles. The Morgan fingerprint density at radius 3 is 1.60 bits per heavy atom. The number of carboxylic acid groups (broad SMARTS) is 2. The van der Waals surface area contributed by atoms with E-state index in [0.29, 0.717) is 68.0 Å². The van der Waals surface area contributed by atoms with Crippen molar-refractivity contribution in [3.05, 3.63) is 113 Å². The second-order valence-corrected chi connectivity index (χ2v) is 13.5. The van der Waals surface area contributed by atoms with Gasteiger partial charge in [0.25, 0.3) is 10.1 Å². The summed E-state index contributed by atoms with van der Waals surface area (Å²) >= 11 is 0. The maximum atomic E-state index is 13.1. The zero-order valence-electron chi connectivity index (χ0n) is 30.9. The van der Waals surface area contributed by atoms with Crippen molar-refractivity contribution >= 4 is 73.6 Å². The third kappa shape index (κ3) is 10.2. The molecule has 0 aliphatic carbocycles. The number of benzene rings is 5. The largest absolute Gasteiger partial charge is 0.494 e. The van der Waals surface area contributed by atoms with Crippen molar-refractivity contribution in [1.29, 1.82) is 0 Å². The van der Waals surface area contributed by atoms with E-state index in [9.17, 15) is 32.5 Å². The van der Waals surface area contributed by atoms with Gasteiger partial charge in [0, 0.05) is 12.1 Å². The van der Waals surface area contributed by atoms with Crippen LogP contribution in [0.15, 0.2) is 121 Å². The number of hydrogen-bond donors (Lipinski definition) is 5. The lowest BCUT2D eigenvalue weighted by molar-refractivity contribution is 0.0686. The van der Waals surface area contributed by atoms with Gasteiger partial charge in [-0.1, -0.05) is 0 Å². The van der Waals surface area contributed by atoms with E-state index in [0.717, 1.165) is 18.2 Å². The van der Waals surface area contributed by atoms with Crippen LogP contribution < -0.4 is 20.1 Å². The quantitative estimate of drug-likeness (QED) is 0.0556. The molecule has 292 valence electrons. The summed E-state index contributed by atoms with van der Waals surface area (Å²) in [5.41, 5.74) is 4.32. The first-order valence-electron chi connectivity index (χ1n) is 16.6. The fourth-order valence-electron chi connectivity index (χ4n) is 5.11. The summed E-state index contributed by atoms with van der Waals surface area (Å²) in [7, 11) is -1.92. The Bertz CT molecular complexity index is 2590. The summed E-state index contributed by atoms with van der Waals surface area (Å²) < 4.78 is 44.3. The lowest BCUT2D eigenvalue weighted by Gasteiger charge is -2.14. The standard InChI is InChI=1S/C38H34N8O10S/c1-20-15-30(46-43-28-12-8-24(37(49)50)17-35(28)57(52,53)54)21(2)14-29(20)44-42-26-11-13-27(33(18-26)55-4)39-38(51)40-32-16-22(3)31(19-34(32)56-5)45-41-25-9-6-23(7-10-25)36(47)48/h6-19H,1-5H3,(H,47,48)(H,49,50)(H2,39,40,51)(H,52,53,54). The van der Waals surface area contributed by atoms with E-state index in [-0.39, 0.29) is 16.8 Å². The van der Waals surface area contributed by atoms with Crippen molar-refractivity contribution in [2.75, 3.05) is 24.9 Å². The molecule has 2 amide bonds. The number of hydrogen-bond acceptors (Lipinski definition) is 13. The lowest BCUT2D eigenvalue weighted by Crippen LogP contribution is -2.20. The lowest BCUT2D eigenvalue weighted by atomic mass is 10.1. The summed E-state index contributed by atoms with van der Waals surface area (Å²) in [5.74, 6) is -1.82. The Labute approximate surface area is 325 Å². The molecule has 0 spiro atoms. The molecule has 0 fully saturated rings. The van der Waals surface area contributed by atoms with Gasteiger partial charge in [-0.25, -0.2) is 14.4 Å². The molecule has 5 N–H and O–H groups in total. The monoisotopic (exact) mass is 794 g/mol. The highest BCUT2D eigenvalue weighted by molar-refractivity contribution is 7.86. The number of urea groups is 1. The maximum Gasteiger partial charge on any atom is 0.335 e. The Balaban J connectivity index is 1.27. The van der Waals surface area contributed by atoms with Gasteiger partial charge < -0.3 is 30.3 Å². The van der Waals surface area contributed by atoms with Gasteiger partial charge in [0.05, 0.1) is 65.2 Å². The Hall–Kier alpha value is -7.38.